The molecule has 3 rings (SSSR count). The van der Waals surface area contributed by atoms with Crippen LogP contribution in [0.1, 0.15) is 11.1 Å². The standard InChI is InChI=1S/C17H19OSi/c1-19(2,3)17-12-13-8-4-6-10-15(13)18-16-11-7-5-9-14(16)17/h4-12,17H,1-3H3/q+1/t17-/m1/s1. The highest BCUT2D eigenvalue weighted by atomic mass is 28.3. The summed E-state index contributed by atoms with van der Waals surface area (Å²) < 4.78 is 6.12. The topological polar surface area (TPSA) is 11.3 Å². The minimum atomic E-state index is -1.34. The van der Waals surface area contributed by atoms with E-state index in [9.17, 15) is 0 Å². The number of hydrogen-bond donors (Lipinski definition) is 0. The molecule has 1 atom stereocenters. The lowest BCUT2D eigenvalue weighted by molar-refractivity contribution is 1.19. The summed E-state index contributed by atoms with van der Waals surface area (Å²) in [6.07, 6.45) is 2.40. The first-order valence-electron chi connectivity index (χ1n) is 6.76. The largest absolute Gasteiger partial charge is 0.360 e. The second-order valence-electron chi connectivity index (χ2n) is 6.19. The van der Waals surface area contributed by atoms with Gasteiger partial charge in [-0.15, -0.1) is 0 Å². The molecule has 0 radical (unpaired) electrons. The van der Waals surface area contributed by atoms with Crippen LogP contribution < -0.4 is 10.6 Å². The normalized spacial score (nSPS) is 17.5. The Kier molecular flexibility index (Phi) is 2.90. The molecule has 1 heterocycles. The zero-order chi connectivity index (χ0) is 13.5. The van der Waals surface area contributed by atoms with Crippen LogP contribution in [0.5, 0.6) is 5.75 Å². The average Bonchev–Trinajstić information content (AvgIpc) is 2.54. The number of fused-ring (bicyclic) bond motifs is 2. The van der Waals surface area contributed by atoms with Gasteiger partial charge in [0.05, 0.1) is 18.9 Å². The first-order chi connectivity index (χ1) is 9.05. The van der Waals surface area contributed by atoms with Crippen LogP contribution in [-0.4, -0.2) is 8.07 Å². The Bertz CT molecular complexity index is 725. The van der Waals surface area contributed by atoms with Gasteiger partial charge in [0.1, 0.15) is 0 Å². The van der Waals surface area contributed by atoms with E-state index in [4.69, 9.17) is 4.42 Å². The summed E-state index contributed by atoms with van der Waals surface area (Å²) in [7, 11) is -1.34. The molecule has 0 amide bonds. The van der Waals surface area contributed by atoms with Crippen molar-refractivity contribution in [3.8, 4) is 5.75 Å². The summed E-state index contributed by atoms with van der Waals surface area (Å²) in [6.45, 7) is 7.25. The maximum Gasteiger partial charge on any atom is 0.360 e. The molecule has 0 saturated carbocycles. The Hall–Kier alpha value is -1.67. The number of rotatable bonds is 1. The fourth-order valence-electron chi connectivity index (χ4n) is 2.65. The van der Waals surface area contributed by atoms with Crippen LogP contribution in [0.25, 0.3) is 6.08 Å². The van der Waals surface area contributed by atoms with Gasteiger partial charge in [-0.3, -0.25) is 0 Å². The number of hydrogen-bond acceptors (Lipinski definition) is 0. The van der Waals surface area contributed by atoms with Crippen LogP contribution in [0, 0.1) is 0 Å². The first-order valence-corrected chi connectivity index (χ1v) is 10.3. The third-order valence-corrected chi connectivity index (χ3v) is 6.02. The molecule has 1 nitrogen and oxygen atoms in total. The van der Waals surface area contributed by atoms with Crippen LogP contribution >= 0.6 is 0 Å². The molecule has 0 unspecified atom stereocenters. The molecule has 0 spiro atoms. The number of benzene rings is 2. The SMILES string of the molecule is C[Si](C)(C)[C@@H]1C=c2ccccc2=[O+]c2ccccc21. The van der Waals surface area contributed by atoms with Crippen molar-refractivity contribution >= 4 is 14.1 Å². The Balaban J connectivity index is 2.37. The molecule has 2 heteroatoms. The molecule has 19 heavy (non-hydrogen) atoms. The molecule has 1 aliphatic rings. The van der Waals surface area contributed by atoms with Gasteiger partial charge >= 0.3 is 11.2 Å². The van der Waals surface area contributed by atoms with Crippen molar-refractivity contribution < 1.29 is 0 Å². The van der Waals surface area contributed by atoms with Gasteiger partial charge in [0.25, 0.3) is 0 Å². The Morgan fingerprint density at radius 3 is 2.37 bits per heavy atom. The Morgan fingerprint density at radius 1 is 0.895 bits per heavy atom. The molecule has 0 bridgehead atoms. The highest BCUT2D eigenvalue weighted by molar-refractivity contribution is 6.78. The Labute approximate surface area is 114 Å². The fourth-order valence-corrected chi connectivity index (χ4v) is 4.50. The highest BCUT2D eigenvalue weighted by Crippen LogP contribution is 2.36. The second kappa shape index (κ2) is 4.46. The average molecular weight is 267 g/mol. The quantitative estimate of drug-likeness (QED) is 0.554. The molecule has 0 fully saturated rings. The highest BCUT2D eigenvalue weighted by Gasteiger charge is 2.32. The van der Waals surface area contributed by atoms with Crippen molar-refractivity contribution in [3.05, 3.63) is 69.2 Å². The lowest BCUT2D eigenvalue weighted by Crippen LogP contribution is -2.32. The Morgan fingerprint density at radius 2 is 1.58 bits per heavy atom. The predicted molar refractivity (Wildman–Crippen MR) is 84.4 cm³/mol. The van der Waals surface area contributed by atoms with Crippen LogP contribution in [-0.2, 0) is 0 Å². The van der Waals surface area contributed by atoms with Gasteiger partial charge in [0, 0.05) is 17.7 Å². The second-order valence-corrected chi connectivity index (χ2v) is 11.5. The van der Waals surface area contributed by atoms with Gasteiger partial charge < -0.3 is 0 Å². The summed E-state index contributed by atoms with van der Waals surface area (Å²) in [5.41, 5.74) is 2.79. The van der Waals surface area contributed by atoms with Crippen LogP contribution in [0.2, 0.25) is 19.6 Å². The van der Waals surface area contributed by atoms with E-state index in [1.807, 2.05) is 12.1 Å². The molecule has 1 aliphatic heterocycles. The summed E-state index contributed by atoms with van der Waals surface area (Å²) in [5, 5.41) is 1.21. The molecular weight excluding hydrogens is 248 g/mol. The van der Waals surface area contributed by atoms with Gasteiger partial charge in [-0.1, -0.05) is 50.0 Å². The van der Waals surface area contributed by atoms with E-state index >= 15 is 0 Å². The first kappa shape index (κ1) is 12.4. The van der Waals surface area contributed by atoms with Crippen molar-refractivity contribution in [2.24, 2.45) is 0 Å². The molecule has 2 aromatic carbocycles. The van der Waals surface area contributed by atoms with E-state index < -0.39 is 8.07 Å². The van der Waals surface area contributed by atoms with Gasteiger partial charge in [-0.25, -0.2) is 4.42 Å². The van der Waals surface area contributed by atoms with Crippen molar-refractivity contribution in [2.75, 3.05) is 0 Å². The summed E-state index contributed by atoms with van der Waals surface area (Å²) in [6, 6.07) is 16.8. The predicted octanol–water partition coefficient (Wildman–Crippen LogP) is 3.47. The molecule has 0 saturated heterocycles. The molecule has 2 aromatic rings. The van der Waals surface area contributed by atoms with Gasteiger partial charge in [0.15, 0.2) is 0 Å². The van der Waals surface area contributed by atoms with Crippen molar-refractivity contribution in [1.29, 1.82) is 0 Å². The van der Waals surface area contributed by atoms with E-state index in [2.05, 4.69) is 62.1 Å². The van der Waals surface area contributed by atoms with E-state index in [1.54, 1.807) is 0 Å². The van der Waals surface area contributed by atoms with Crippen LogP contribution in [0.15, 0.2) is 53.0 Å². The minimum absolute atomic E-state index is 0.493. The summed E-state index contributed by atoms with van der Waals surface area (Å²) >= 11 is 0. The van der Waals surface area contributed by atoms with E-state index in [0.717, 1.165) is 11.2 Å². The van der Waals surface area contributed by atoms with E-state index in [1.165, 1.54) is 10.8 Å². The molecule has 0 N–H and O–H groups in total. The zero-order valence-corrected chi connectivity index (χ0v) is 12.7. The van der Waals surface area contributed by atoms with Crippen molar-refractivity contribution in [1.82, 2.24) is 0 Å². The van der Waals surface area contributed by atoms with Gasteiger partial charge in [0.2, 0.25) is 0 Å². The monoisotopic (exact) mass is 267 g/mol. The molecule has 0 aromatic heterocycles. The number of para-hydroxylation sites is 2. The summed E-state index contributed by atoms with van der Waals surface area (Å²) in [4.78, 5) is 0. The van der Waals surface area contributed by atoms with Gasteiger partial charge in [-0.05, 0) is 12.1 Å². The maximum atomic E-state index is 6.12. The third-order valence-electron chi connectivity index (χ3n) is 3.67. The minimum Gasteiger partial charge on any atom is -0.207 e. The fraction of sp³-hybridized carbons (Fsp3) is 0.235. The zero-order valence-electron chi connectivity index (χ0n) is 11.7. The summed E-state index contributed by atoms with van der Waals surface area (Å²) in [5.74, 6) is 1.01. The molecular formula is C17H19OSi+. The van der Waals surface area contributed by atoms with E-state index in [0.29, 0.717) is 5.54 Å². The third kappa shape index (κ3) is 2.28. The van der Waals surface area contributed by atoms with Crippen LogP contribution in [0.3, 0.4) is 0 Å². The van der Waals surface area contributed by atoms with Crippen molar-refractivity contribution in [3.63, 3.8) is 0 Å². The van der Waals surface area contributed by atoms with E-state index in [-0.39, 0.29) is 0 Å². The van der Waals surface area contributed by atoms with Crippen molar-refractivity contribution in [2.45, 2.75) is 25.2 Å². The smallest absolute Gasteiger partial charge is 0.207 e. The lowest BCUT2D eigenvalue weighted by atomic mass is 10.1. The molecule has 96 valence electrons. The molecule has 0 aliphatic carbocycles. The maximum absolute atomic E-state index is 6.12. The van der Waals surface area contributed by atoms with Crippen LogP contribution in [0.4, 0.5) is 0 Å². The lowest BCUT2D eigenvalue weighted by Gasteiger charge is -2.24. The van der Waals surface area contributed by atoms with Gasteiger partial charge in [-0.2, -0.15) is 0 Å².